The minimum absolute atomic E-state index is 0.00940. The van der Waals surface area contributed by atoms with Crippen molar-refractivity contribution in [2.45, 2.75) is 98.8 Å². The third-order valence-electron chi connectivity index (χ3n) is 6.72. The van der Waals surface area contributed by atoms with Crippen LogP contribution < -0.4 is 0 Å². The first-order chi connectivity index (χ1) is 15.7. The average Bonchev–Trinajstić information content (AvgIpc) is 2.76. The van der Waals surface area contributed by atoms with E-state index in [1.165, 1.54) is 37.2 Å². The fourth-order valence-corrected chi connectivity index (χ4v) is 4.33. The molecule has 1 heterocycles. The first kappa shape index (κ1) is 29.8. The lowest BCUT2D eigenvalue weighted by atomic mass is 9.65. The second-order valence-electron chi connectivity index (χ2n) is 9.42. The predicted octanol–water partition coefficient (Wildman–Crippen LogP) is 9.04. The summed E-state index contributed by atoms with van der Waals surface area (Å²) in [6.07, 6.45) is 2.56. The second-order valence-corrected chi connectivity index (χ2v) is 9.42. The number of nitrogens with zero attached hydrogens (tertiary/aromatic N) is 1. The molecule has 2 nitrogen and oxygen atoms in total. The molecule has 34 heavy (non-hydrogen) atoms. The van der Waals surface area contributed by atoms with Crippen LogP contribution in [-0.2, 0) is 5.92 Å². The van der Waals surface area contributed by atoms with Crippen molar-refractivity contribution in [3.63, 3.8) is 0 Å². The van der Waals surface area contributed by atoms with Gasteiger partial charge < -0.3 is 0 Å². The van der Waals surface area contributed by atoms with E-state index in [4.69, 9.17) is 0 Å². The molecular weight excluding hydrogens is 442 g/mol. The number of carbonyl (C=O) groups is 1. The summed E-state index contributed by atoms with van der Waals surface area (Å²) < 4.78 is 52.6. The summed E-state index contributed by atoms with van der Waals surface area (Å²) >= 11 is 0. The molecule has 1 atom stereocenters. The van der Waals surface area contributed by atoms with Gasteiger partial charge in [-0.15, -0.1) is 0 Å². The number of benzene rings is 1. The highest BCUT2D eigenvalue weighted by Gasteiger charge is 2.43. The number of aromatic nitrogens is 1. The SMILES string of the molecule is CC.CC(=O)c1nccc(C(C)(F)F)c1C.Cc1cccc(C(C)C2(C)CCC(F)(F)CC2)c1. The Bertz CT molecular complexity index is 940. The maximum Gasteiger partial charge on any atom is 0.270 e. The lowest BCUT2D eigenvalue weighted by molar-refractivity contribution is -0.0678. The van der Waals surface area contributed by atoms with Crippen molar-refractivity contribution in [3.05, 3.63) is 64.5 Å². The van der Waals surface area contributed by atoms with E-state index in [-0.39, 0.29) is 40.9 Å². The summed E-state index contributed by atoms with van der Waals surface area (Å²) in [7, 11) is 0. The Balaban J connectivity index is 0.000000326. The summed E-state index contributed by atoms with van der Waals surface area (Å²) in [6, 6.07) is 9.68. The van der Waals surface area contributed by atoms with Gasteiger partial charge in [0.2, 0.25) is 5.92 Å². The molecular formula is C28H39F4NO. The van der Waals surface area contributed by atoms with Gasteiger partial charge in [0, 0.05) is 38.4 Å². The molecule has 6 heteroatoms. The highest BCUT2D eigenvalue weighted by molar-refractivity contribution is 5.93. The minimum atomic E-state index is -2.93. The molecule has 2 aromatic rings. The Kier molecular flexibility index (Phi) is 10.5. The fraction of sp³-hybridized carbons (Fsp3) is 0.571. The van der Waals surface area contributed by atoms with Gasteiger partial charge in [-0.3, -0.25) is 9.78 Å². The lowest BCUT2D eigenvalue weighted by Crippen LogP contribution is -2.34. The Morgan fingerprint density at radius 1 is 1.06 bits per heavy atom. The summed E-state index contributed by atoms with van der Waals surface area (Å²) in [5.74, 6) is -5.33. The molecule has 1 fully saturated rings. The Morgan fingerprint density at radius 3 is 2.09 bits per heavy atom. The molecule has 0 amide bonds. The zero-order valence-electron chi connectivity index (χ0n) is 21.7. The van der Waals surface area contributed by atoms with E-state index in [1.807, 2.05) is 13.8 Å². The van der Waals surface area contributed by atoms with Crippen LogP contribution in [0.15, 0.2) is 36.5 Å². The van der Waals surface area contributed by atoms with Crippen LogP contribution in [0.25, 0.3) is 0 Å². The summed E-state index contributed by atoms with van der Waals surface area (Å²) in [4.78, 5) is 14.8. The fourth-order valence-electron chi connectivity index (χ4n) is 4.33. The van der Waals surface area contributed by atoms with Gasteiger partial charge in [-0.1, -0.05) is 57.5 Å². The van der Waals surface area contributed by atoms with Gasteiger partial charge in [-0.05, 0) is 55.2 Å². The maximum absolute atomic E-state index is 13.3. The van der Waals surface area contributed by atoms with E-state index in [0.717, 1.165) is 6.92 Å². The molecule has 1 aromatic heterocycles. The lowest BCUT2D eigenvalue weighted by Gasteiger charge is -2.42. The number of pyridine rings is 1. The topological polar surface area (TPSA) is 30.0 Å². The summed E-state index contributed by atoms with van der Waals surface area (Å²) in [5, 5.41) is 0. The number of aryl methyl sites for hydroxylation is 1. The molecule has 1 aromatic carbocycles. The molecule has 0 spiro atoms. The largest absolute Gasteiger partial charge is 0.293 e. The van der Waals surface area contributed by atoms with E-state index in [1.54, 1.807) is 0 Å². The summed E-state index contributed by atoms with van der Waals surface area (Å²) in [5.41, 5.74) is 2.76. The number of Topliss-reactive ketones (excluding diaryl/α,β-unsaturated/α-hetero) is 1. The van der Waals surface area contributed by atoms with E-state index >= 15 is 0 Å². The van der Waals surface area contributed by atoms with E-state index in [9.17, 15) is 22.4 Å². The van der Waals surface area contributed by atoms with E-state index in [2.05, 4.69) is 50.0 Å². The predicted molar refractivity (Wildman–Crippen MR) is 131 cm³/mol. The van der Waals surface area contributed by atoms with Crippen LogP contribution in [-0.4, -0.2) is 16.7 Å². The van der Waals surface area contributed by atoms with Crippen molar-refractivity contribution < 1.29 is 22.4 Å². The van der Waals surface area contributed by atoms with Crippen LogP contribution in [0.1, 0.15) is 106 Å². The number of alkyl halides is 4. The molecule has 1 aliphatic carbocycles. The van der Waals surface area contributed by atoms with Gasteiger partial charge in [-0.25, -0.2) is 17.6 Å². The van der Waals surface area contributed by atoms with Crippen molar-refractivity contribution in [3.8, 4) is 0 Å². The molecule has 0 radical (unpaired) electrons. The van der Waals surface area contributed by atoms with E-state index < -0.39 is 11.8 Å². The zero-order valence-corrected chi connectivity index (χ0v) is 21.7. The quantitative estimate of drug-likeness (QED) is 0.322. The minimum Gasteiger partial charge on any atom is -0.293 e. The van der Waals surface area contributed by atoms with Crippen molar-refractivity contribution in [1.82, 2.24) is 4.98 Å². The van der Waals surface area contributed by atoms with Gasteiger partial charge in [0.05, 0.1) is 0 Å². The van der Waals surface area contributed by atoms with Crippen LogP contribution in [0.2, 0.25) is 0 Å². The van der Waals surface area contributed by atoms with Gasteiger partial charge >= 0.3 is 0 Å². The van der Waals surface area contributed by atoms with Gasteiger partial charge in [0.1, 0.15) is 5.69 Å². The van der Waals surface area contributed by atoms with E-state index in [0.29, 0.717) is 18.8 Å². The van der Waals surface area contributed by atoms with Crippen LogP contribution in [0.3, 0.4) is 0 Å². The molecule has 0 aliphatic heterocycles. The highest BCUT2D eigenvalue weighted by atomic mass is 19.3. The first-order valence-corrected chi connectivity index (χ1v) is 12.0. The number of ketones is 1. The molecule has 1 unspecified atom stereocenters. The number of hydrogen-bond donors (Lipinski definition) is 0. The Hall–Kier alpha value is -2.24. The molecule has 0 bridgehead atoms. The van der Waals surface area contributed by atoms with Crippen molar-refractivity contribution in [2.75, 3.05) is 0 Å². The number of rotatable bonds is 4. The monoisotopic (exact) mass is 481 g/mol. The number of hydrogen-bond acceptors (Lipinski definition) is 2. The third kappa shape index (κ3) is 7.92. The van der Waals surface area contributed by atoms with Crippen LogP contribution >= 0.6 is 0 Å². The Labute approximate surface area is 202 Å². The van der Waals surface area contributed by atoms with Crippen molar-refractivity contribution in [1.29, 1.82) is 0 Å². The molecule has 1 saturated carbocycles. The Morgan fingerprint density at radius 2 is 1.62 bits per heavy atom. The van der Waals surface area contributed by atoms with Gasteiger partial charge in [-0.2, -0.15) is 0 Å². The average molecular weight is 482 g/mol. The smallest absolute Gasteiger partial charge is 0.270 e. The molecule has 3 rings (SSSR count). The number of carbonyl (C=O) groups excluding carboxylic acids is 1. The third-order valence-corrected chi connectivity index (χ3v) is 6.72. The van der Waals surface area contributed by atoms with Crippen molar-refractivity contribution >= 4 is 5.78 Å². The standard InChI is InChI=1S/C16H22F2.C10H11F2NO.C2H6/c1-12-5-4-6-14(11-12)13(2)15(3)7-9-16(17,18)10-8-15;1-6-8(10(3,11)12)4-5-13-9(6)7(2)14;1-2/h4-6,11,13H,7-10H2,1-3H3;4-5H,1-3H3;1-2H3. The van der Waals surface area contributed by atoms with Gasteiger partial charge in [0.15, 0.2) is 5.78 Å². The highest BCUT2D eigenvalue weighted by Crippen LogP contribution is 2.50. The van der Waals surface area contributed by atoms with Crippen LogP contribution in [0.5, 0.6) is 0 Å². The second kappa shape index (κ2) is 11.9. The van der Waals surface area contributed by atoms with Crippen LogP contribution in [0, 0.1) is 19.3 Å². The number of halogens is 4. The van der Waals surface area contributed by atoms with Gasteiger partial charge in [0.25, 0.3) is 5.92 Å². The molecule has 1 aliphatic rings. The molecule has 190 valence electrons. The zero-order chi connectivity index (χ0) is 26.3. The molecule has 0 N–H and O–H groups in total. The molecule has 0 saturated heterocycles. The van der Waals surface area contributed by atoms with Crippen molar-refractivity contribution in [2.24, 2.45) is 5.41 Å². The maximum atomic E-state index is 13.3. The van der Waals surface area contributed by atoms with Crippen LogP contribution in [0.4, 0.5) is 17.6 Å². The first-order valence-electron chi connectivity index (χ1n) is 12.0. The summed E-state index contributed by atoms with van der Waals surface area (Å²) in [6.45, 7) is 14.0. The normalized spacial score (nSPS) is 17.4.